The van der Waals surface area contributed by atoms with Crippen molar-refractivity contribution in [3.8, 4) is 0 Å². The molecule has 1 aromatic rings. The molecule has 3 nitrogen and oxygen atoms in total. The van der Waals surface area contributed by atoms with Gasteiger partial charge in [0.25, 0.3) is 0 Å². The molecule has 0 radical (unpaired) electrons. The maximum atomic E-state index is 11.5. The summed E-state index contributed by atoms with van der Waals surface area (Å²) in [5, 5.41) is 4.43. The van der Waals surface area contributed by atoms with Gasteiger partial charge in [0.2, 0.25) is 5.91 Å². The van der Waals surface area contributed by atoms with Crippen LogP contribution in [-0.2, 0) is 4.79 Å². The third kappa shape index (κ3) is 3.37. The van der Waals surface area contributed by atoms with Gasteiger partial charge < -0.3 is 5.73 Å². The summed E-state index contributed by atoms with van der Waals surface area (Å²) in [5.74, 6) is -0.380. The number of primary amides is 1. The van der Waals surface area contributed by atoms with E-state index in [4.69, 9.17) is 28.9 Å². The van der Waals surface area contributed by atoms with Crippen LogP contribution in [0.25, 0.3) is 0 Å². The number of carbonyl (C=O) groups is 1. The Morgan fingerprint density at radius 3 is 2.61 bits per heavy atom. The number of carbonyl (C=O) groups excluding carboxylic acids is 1. The molecule has 0 aliphatic carbocycles. The van der Waals surface area contributed by atoms with Crippen LogP contribution in [-0.4, -0.2) is 11.4 Å². The van der Waals surface area contributed by atoms with Gasteiger partial charge in [-0.3, -0.25) is 10.1 Å². The Labute approximate surface area is 118 Å². The van der Waals surface area contributed by atoms with Crippen LogP contribution in [0.4, 0.5) is 0 Å². The number of hydrogen-bond donors (Lipinski definition) is 2. The average molecular weight is 289 g/mol. The van der Waals surface area contributed by atoms with Gasteiger partial charge in [0.15, 0.2) is 0 Å². The van der Waals surface area contributed by atoms with Crippen molar-refractivity contribution in [3.05, 3.63) is 33.8 Å². The smallest absolute Gasteiger partial charge is 0.237 e. The van der Waals surface area contributed by atoms with E-state index < -0.39 is 5.54 Å². The molecule has 0 aliphatic rings. The lowest BCUT2D eigenvalue weighted by Crippen LogP contribution is -2.53. The summed E-state index contributed by atoms with van der Waals surface area (Å²) in [5.41, 5.74) is 5.51. The molecule has 0 spiro atoms. The SMILES string of the molecule is CCC(C)(NC(C)c1cc(Cl)ccc1Cl)C(N)=O. The summed E-state index contributed by atoms with van der Waals surface area (Å²) in [4.78, 5) is 11.5. The van der Waals surface area contributed by atoms with Crippen molar-refractivity contribution in [2.75, 3.05) is 0 Å². The highest BCUT2D eigenvalue weighted by molar-refractivity contribution is 6.33. The van der Waals surface area contributed by atoms with Crippen molar-refractivity contribution in [2.45, 2.75) is 38.8 Å². The van der Waals surface area contributed by atoms with Crippen molar-refractivity contribution in [3.63, 3.8) is 0 Å². The van der Waals surface area contributed by atoms with Crippen molar-refractivity contribution in [1.29, 1.82) is 0 Å². The zero-order chi connectivity index (χ0) is 13.9. The minimum absolute atomic E-state index is 0.117. The highest BCUT2D eigenvalue weighted by atomic mass is 35.5. The zero-order valence-corrected chi connectivity index (χ0v) is 12.3. The van der Waals surface area contributed by atoms with Crippen LogP contribution in [0.5, 0.6) is 0 Å². The highest BCUT2D eigenvalue weighted by Crippen LogP contribution is 2.28. The van der Waals surface area contributed by atoms with Gasteiger partial charge in [-0.25, -0.2) is 0 Å². The molecular weight excluding hydrogens is 271 g/mol. The second-order valence-electron chi connectivity index (χ2n) is 4.58. The number of amides is 1. The van der Waals surface area contributed by atoms with Gasteiger partial charge >= 0.3 is 0 Å². The molecule has 0 aromatic heterocycles. The van der Waals surface area contributed by atoms with Crippen LogP contribution in [0.1, 0.15) is 38.8 Å². The second-order valence-corrected chi connectivity index (χ2v) is 5.43. The molecule has 100 valence electrons. The summed E-state index contributed by atoms with van der Waals surface area (Å²) in [7, 11) is 0. The number of halogens is 2. The Balaban J connectivity index is 2.97. The molecule has 2 atom stereocenters. The Morgan fingerprint density at radius 1 is 1.50 bits per heavy atom. The summed E-state index contributed by atoms with van der Waals surface area (Å²) in [6, 6.07) is 5.14. The van der Waals surface area contributed by atoms with Crippen molar-refractivity contribution in [2.24, 2.45) is 5.73 Å². The predicted molar refractivity (Wildman–Crippen MR) is 75.9 cm³/mol. The van der Waals surface area contributed by atoms with Crippen LogP contribution >= 0.6 is 23.2 Å². The first-order chi connectivity index (χ1) is 8.30. The van der Waals surface area contributed by atoms with Gasteiger partial charge in [-0.2, -0.15) is 0 Å². The first-order valence-corrected chi connectivity index (χ1v) is 6.58. The van der Waals surface area contributed by atoms with Gasteiger partial charge in [-0.05, 0) is 44.0 Å². The fourth-order valence-corrected chi connectivity index (χ4v) is 2.21. The molecule has 1 amide bonds. The molecule has 0 fully saturated rings. The summed E-state index contributed by atoms with van der Waals surface area (Å²) >= 11 is 12.1. The molecule has 2 unspecified atom stereocenters. The van der Waals surface area contributed by atoms with Gasteiger partial charge in [0.05, 0.1) is 5.54 Å². The van der Waals surface area contributed by atoms with Crippen LogP contribution in [0.15, 0.2) is 18.2 Å². The Kier molecular flexibility index (Phi) is 5.02. The molecular formula is C13H18Cl2N2O. The molecule has 18 heavy (non-hydrogen) atoms. The lowest BCUT2D eigenvalue weighted by Gasteiger charge is -2.30. The Morgan fingerprint density at radius 2 is 2.11 bits per heavy atom. The highest BCUT2D eigenvalue weighted by Gasteiger charge is 2.30. The molecule has 3 N–H and O–H groups in total. The van der Waals surface area contributed by atoms with E-state index in [1.807, 2.05) is 13.8 Å². The normalized spacial score (nSPS) is 16.1. The quantitative estimate of drug-likeness (QED) is 0.873. The molecule has 0 aliphatic heterocycles. The van der Waals surface area contributed by atoms with Gasteiger partial charge in [-0.1, -0.05) is 30.1 Å². The van der Waals surface area contributed by atoms with E-state index in [0.717, 1.165) is 5.56 Å². The van der Waals surface area contributed by atoms with Crippen LogP contribution < -0.4 is 11.1 Å². The lowest BCUT2D eigenvalue weighted by molar-refractivity contribution is -0.124. The van der Waals surface area contributed by atoms with E-state index in [0.29, 0.717) is 16.5 Å². The van der Waals surface area contributed by atoms with E-state index in [1.54, 1.807) is 25.1 Å². The van der Waals surface area contributed by atoms with Crippen LogP contribution in [0.3, 0.4) is 0 Å². The second kappa shape index (κ2) is 5.91. The van der Waals surface area contributed by atoms with Crippen LogP contribution in [0, 0.1) is 0 Å². The molecule has 0 bridgehead atoms. The molecule has 0 saturated heterocycles. The number of rotatable bonds is 5. The van der Waals surface area contributed by atoms with E-state index in [9.17, 15) is 4.79 Å². The van der Waals surface area contributed by atoms with E-state index in [1.165, 1.54) is 0 Å². The predicted octanol–water partition coefficient (Wildman–Crippen LogP) is 3.30. The maximum absolute atomic E-state index is 11.5. The summed E-state index contributed by atoms with van der Waals surface area (Å²) < 4.78 is 0. The van der Waals surface area contributed by atoms with Crippen molar-refractivity contribution in [1.82, 2.24) is 5.32 Å². The van der Waals surface area contributed by atoms with Crippen molar-refractivity contribution >= 4 is 29.1 Å². The third-order valence-corrected chi connectivity index (χ3v) is 3.79. The standard InChI is InChI=1S/C13H18Cl2N2O/c1-4-13(3,12(16)18)17-8(2)10-7-9(14)5-6-11(10)15/h5-8,17H,4H2,1-3H3,(H2,16,18). The lowest BCUT2D eigenvalue weighted by atomic mass is 9.95. The average Bonchev–Trinajstić information content (AvgIpc) is 2.31. The Hall–Kier alpha value is -0.770. The summed E-state index contributed by atoms with van der Waals surface area (Å²) in [6.45, 7) is 5.61. The van der Waals surface area contributed by atoms with Crippen LogP contribution in [0.2, 0.25) is 10.0 Å². The third-order valence-electron chi connectivity index (χ3n) is 3.21. The van der Waals surface area contributed by atoms with E-state index in [2.05, 4.69) is 5.32 Å². The largest absolute Gasteiger partial charge is 0.368 e. The van der Waals surface area contributed by atoms with E-state index >= 15 is 0 Å². The molecule has 5 heteroatoms. The number of nitrogens with one attached hydrogen (secondary N) is 1. The zero-order valence-electron chi connectivity index (χ0n) is 10.8. The first-order valence-electron chi connectivity index (χ1n) is 5.82. The molecule has 0 saturated carbocycles. The minimum atomic E-state index is -0.759. The topological polar surface area (TPSA) is 55.1 Å². The molecule has 0 heterocycles. The van der Waals surface area contributed by atoms with Gasteiger partial charge in [0.1, 0.15) is 0 Å². The fourth-order valence-electron chi connectivity index (χ4n) is 1.75. The molecule has 1 aromatic carbocycles. The maximum Gasteiger partial charge on any atom is 0.237 e. The Bertz CT molecular complexity index is 451. The molecule has 1 rings (SSSR count). The monoisotopic (exact) mass is 288 g/mol. The summed E-state index contributed by atoms with van der Waals surface area (Å²) in [6.07, 6.45) is 0.602. The minimum Gasteiger partial charge on any atom is -0.368 e. The first kappa shape index (κ1) is 15.3. The van der Waals surface area contributed by atoms with Crippen molar-refractivity contribution < 1.29 is 4.79 Å². The number of hydrogen-bond acceptors (Lipinski definition) is 2. The number of benzene rings is 1. The van der Waals surface area contributed by atoms with Gasteiger partial charge in [0, 0.05) is 16.1 Å². The van der Waals surface area contributed by atoms with Gasteiger partial charge in [-0.15, -0.1) is 0 Å². The number of nitrogens with two attached hydrogens (primary N) is 1. The van der Waals surface area contributed by atoms with E-state index in [-0.39, 0.29) is 11.9 Å². The fraction of sp³-hybridized carbons (Fsp3) is 0.462.